The highest BCUT2D eigenvalue weighted by atomic mass is 35.5. The van der Waals surface area contributed by atoms with Gasteiger partial charge in [0.2, 0.25) is 0 Å². The summed E-state index contributed by atoms with van der Waals surface area (Å²) in [5.74, 6) is 0.484. The molecule has 1 amide bonds. The van der Waals surface area contributed by atoms with E-state index in [1.54, 1.807) is 42.5 Å². The lowest BCUT2D eigenvalue weighted by Crippen LogP contribution is -2.49. The predicted molar refractivity (Wildman–Crippen MR) is 116 cm³/mol. The number of aromatic nitrogens is 2. The van der Waals surface area contributed by atoms with Crippen LogP contribution < -0.4 is 15.2 Å². The number of rotatable bonds is 4. The van der Waals surface area contributed by atoms with Crippen molar-refractivity contribution in [3.8, 4) is 11.4 Å². The molecule has 1 saturated heterocycles. The number of carbonyl (C=O) groups excluding carboxylic acids is 1. The highest BCUT2D eigenvalue weighted by Crippen LogP contribution is 2.25. The van der Waals surface area contributed by atoms with Crippen LogP contribution in [0, 0.1) is 0 Å². The third-order valence-corrected chi connectivity index (χ3v) is 5.50. The van der Waals surface area contributed by atoms with Gasteiger partial charge in [0.15, 0.2) is 0 Å². The van der Waals surface area contributed by atoms with E-state index in [-0.39, 0.29) is 16.5 Å². The van der Waals surface area contributed by atoms with Gasteiger partial charge in [0.25, 0.3) is 11.5 Å². The summed E-state index contributed by atoms with van der Waals surface area (Å²) < 4.78 is 6.59. The van der Waals surface area contributed by atoms with Gasteiger partial charge in [0, 0.05) is 26.2 Å². The zero-order chi connectivity index (χ0) is 21.1. The van der Waals surface area contributed by atoms with Crippen LogP contribution in [-0.2, 0) is 0 Å². The smallest absolute Gasteiger partial charge is 0.292 e. The number of piperazine rings is 1. The van der Waals surface area contributed by atoms with E-state index in [9.17, 15) is 9.59 Å². The molecule has 0 N–H and O–H groups in total. The fourth-order valence-corrected chi connectivity index (χ4v) is 3.79. The van der Waals surface area contributed by atoms with E-state index >= 15 is 0 Å². The molecule has 1 aliphatic rings. The van der Waals surface area contributed by atoms with Crippen molar-refractivity contribution < 1.29 is 9.53 Å². The molecule has 0 atom stereocenters. The number of benzene rings is 2. The fraction of sp³-hybridized carbons (Fsp3) is 0.227. The summed E-state index contributed by atoms with van der Waals surface area (Å²) in [6.07, 6.45) is 1.61. The largest absolute Gasteiger partial charge is 0.496 e. The summed E-state index contributed by atoms with van der Waals surface area (Å²) in [7, 11) is 1.55. The number of methoxy groups -OCH3 is 1. The van der Waals surface area contributed by atoms with Crippen molar-refractivity contribution in [3.05, 3.63) is 81.7 Å². The molecular formula is C22H21ClN4O3. The molecule has 0 bridgehead atoms. The van der Waals surface area contributed by atoms with Crippen molar-refractivity contribution in [3.63, 3.8) is 0 Å². The van der Waals surface area contributed by atoms with Crippen LogP contribution in [0.3, 0.4) is 0 Å². The number of para-hydroxylation sites is 2. The molecule has 1 aromatic heterocycles. The number of hydrogen-bond acceptors (Lipinski definition) is 5. The maximum absolute atomic E-state index is 12.9. The summed E-state index contributed by atoms with van der Waals surface area (Å²) >= 11 is 6.40. The first kappa shape index (κ1) is 20.0. The molecule has 4 rings (SSSR count). The summed E-state index contributed by atoms with van der Waals surface area (Å²) in [6.45, 7) is 2.12. The Kier molecular flexibility index (Phi) is 5.72. The Balaban J connectivity index is 1.50. The van der Waals surface area contributed by atoms with E-state index in [1.807, 2.05) is 35.2 Å². The van der Waals surface area contributed by atoms with E-state index < -0.39 is 0 Å². The highest BCUT2D eigenvalue weighted by molar-refractivity contribution is 6.33. The zero-order valence-corrected chi connectivity index (χ0v) is 17.2. The molecule has 0 saturated carbocycles. The van der Waals surface area contributed by atoms with Gasteiger partial charge in [-0.15, -0.1) is 0 Å². The molecule has 0 unspecified atom stereocenters. The minimum Gasteiger partial charge on any atom is -0.496 e. The van der Waals surface area contributed by atoms with Crippen LogP contribution in [-0.4, -0.2) is 53.9 Å². The second-order valence-electron chi connectivity index (χ2n) is 6.88. The molecule has 30 heavy (non-hydrogen) atoms. The first-order valence-corrected chi connectivity index (χ1v) is 9.98. The summed E-state index contributed by atoms with van der Waals surface area (Å²) in [5, 5.41) is 4.41. The Hall–Kier alpha value is -3.32. The van der Waals surface area contributed by atoms with Gasteiger partial charge < -0.3 is 14.5 Å². The Morgan fingerprint density at radius 1 is 1.00 bits per heavy atom. The van der Waals surface area contributed by atoms with Gasteiger partial charge in [-0.05, 0) is 24.3 Å². The first-order valence-electron chi connectivity index (χ1n) is 9.60. The average molecular weight is 425 g/mol. The van der Waals surface area contributed by atoms with E-state index in [1.165, 1.54) is 4.68 Å². The number of nitrogens with zero attached hydrogens (tertiary/aromatic N) is 4. The van der Waals surface area contributed by atoms with Crippen molar-refractivity contribution in [2.45, 2.75) is 0 Å². The van der Waals surface area contributed by atoms with E-state index in [4.69, 9.17) is 16.3 Å². The zero-order valence-electron chi connectivity index (χ0n) is 16.5. The topological polar surface area (TPSA) is 67.7 Å². The van der Waals surface area contributed by atoms with Crippen LogP contribution >= 0.6 is 11.6 Å². The molecule has 3 aromatic rings. The van der Waals surface area contributed by atoms with Crippen LogP contribution in [0.2, 0.25) is 5.02 Å². The molecule has 154 valence electrons. The predicted octanol–water partition coefficient (Wildman–Crippen LogP) is 2.86. The van der Waals surface area contributed by atoms with Gasteiger partial charge in [-0.25, -0.2) is 0 Å². The van der Waals surface area contributed by atoms with Crippen LogP contribution in [0.4, 0.5) is 5.69 Å². The second kappa shape index (κ2) is 8.59. The van der Waals surface area contributed by atoms with Crippen molar-refractivity contribution in [1.82, 2.24) is 14.7 Å². The monoisotopic (exact) mass is 424 g/mol. The maximum atomic E-state index is 12.9. The van der Waals surface area contributed by atoms with Crippen LogP contribution in [0.5, 0.6) is 5.75 Å². The third kappa shape index (κ3) is 3.76. The molecule has 1 aliphatic heterocycles. The van der Waals surface area contributed by atoms with Crippen molar-refractivity contribution in [2.75, 3.05) is 38.2 Å². The Morgan fingerprint density at radius 2 is 1.67 bits per heavy atom. The van der Waals surface area contributed by atoms with Crippen LogP contribution in [0.1, 0.15) is 10.4 Å². The van der Waals surface area contributed by atoms with Crippen molar-refractivity contribution >= 4 is 23.2 Å². The second-order valence-corrected chi connectivity index (χ2v) is 7.25. The molecule has 1 fully saturated rings. The molecule has 0 radical (unpaired) electrons. The quantitative estimate of drug-likeness (QED) is 0.644. The number of hydrogen-bond donors (Lipinski definition) is 0. The summed E-state index contributed by atoms with van der Waals surface area (Å²) in [5.41, 5.74) is 1.41. The lowest BCUT2D eigenvalue weighted by molar-refractivity contribution is 0.0743. The van der Waals surface area contributed by atoms with Gasteiger partial charge >= 0.3 is 0 Å². The van der Waals surface area contributed by atoms with Gasteiger partial charge in [0.1, 0.15) is 10.8 Å². The van der Waals surface area contributed by atoms with Crippen molar-refractivity contribution in [2.24, 2.45) is 0 Å². The maximum Gasteiger partial charge on any atom is 0.292 e. The lowest BCUT2D eigenvalue weighted by Gasteiger charge is -2.36. The molecule has 2 heterocycles. The SMILES string of the molecule is COc1ccccc1C(=O)N1CCN(c2cnn(-c3ccccc3)c(=O)c2Cl)CC1. The minimum absolute atomic E-state index is 0.0733. The number of ether oxygens (including phenoxy) is 1. The van der Waals surface area contributed by atoms with Crippen LogP contribution in [0.15, 0.2) is 65.6 Å². The van der Waals surface area contributed by atoms with E-state index in [2.05, 4.69) is 5.10 Å². The molecule has 0 spiro atoms. The van der Waals surface area contributed by atoms with Gasteiger partial charge in [0.05, 0.1) is 30.2 Å². The number of amides is 1. The first-order chi connectivity index (χ1) is 14.6. The molecule has 2 aromatic carbocycles. The molecule has 8 heteroatoms. The fourth-order valence-electron chi connectivity index (χ4n) is 3.54. The normalized spacial score (nSPS) is 13.9. The Morgan fingerprint density at radius 3 is 2.37 bits per heavy atom. The van der Waals surface area contributed by atoms with Crippen LogP contribution in [0.25, 0.3) is 5.69 Å². The van der Waals surface area contributed by atoms with Gasteiger partial charge in [-0.1, -0.05) is 41.9 Å². The van der Waals surface area contributed by atoms with E-state index in [0.717, 1.165) is 0 Å². The summed E-state index contributed by atoms with van der Waals surface area (Å²) in [6, 6.07) is 16.3. The Labute approximate surface area is 179 Å². The molecule has 7 nitrogen and oxygen atoms in total. The third-order valence-electron chi connectivity index (χ3n) is 5.15. The van der Waals surface area contributed by atoms with E-state index in [0.29, 0.717) is 48.9 Å². The van der Waals surface area contributed by atoms with Gasteiger partial charge in [-0.3, -0.25) is 9.59 Å². The average Bonchev–Trinajstić information content (AvgIpc) is 2.81. The van der Waals surface area contributed by atoms with Crippen molar-refractivity contribution in [1.29, 1.82) is 0 Å². The lowest BCUT2D eigenvalue weighted by atomic mass is 10.1. The standard InChI is InChI=1S/C22H21ClN4O3/c1-30-19-10-6-5-9-17(19)21(28)26-13-11-25(12-14-26)18-15-24-27(22(29)20(18)23)16-7-3-2-4-8-16/h2-10,15H,11-14H2,1H3. The highest BCUT2D eigenvalue weighted by Gasteiger charge is 2.26. The Bertz CT molecular complexity index is 1110. The number of halogens is 1. The van der Waals surface area contributed by atoms with Gasteiger partial charge in [-0.2, -0.15) is 9.78 Å². The minimum atomic E-state index is -0.368. The number of carbonyl (C=O) groups is 1. The molecule has 0 aliphatic carbocycles. The summed E-state index contributed by atoms with van der Waals surface area (Å²) in [4.78, 5) is 29.4. The molecular weight excluding hydrogens is 404 g/mol. The number of anilines is 1.